The SMILES string of the molecule is COCC(=O)N(C)CC1(c2ccccc2)CCNCC1.COCC(=O)NCC1(c2ccccc2)CCN(C(=O)OC(C)(C)C)CC1.[V]. The molecule has 4 rings (SSSR count). The van der Waals surface area contributed by atoms with Gasteiger partial charge < -0.3 is 34.6 Å². The van der Waals surface area contributed by atoms with Gasteiger partial charge in [-0.05, 0) is 70.7 Å². The van der Waals surface area contributed by atoms with E-state index in [9.17, 15) is 14.4 Å². The van der Waals surface area contributed by atoms with Gasteiger partial charge in [-0.15, -0.1) is 0 Å². The van der Waals surface area contributed by atoms with Crippen molar-refractivity contribution in [3.63, 3.8) is 0 Å². The molecular formula is C36H54N4O6V. The zero-order valence-corrected chi connectivity index (χ0v) is 30.4. The van der Waals surface area contributed by atoms with Crippen LogP contribution in [0.15, 0.2) is 60.7 Å². The number of carbonyl (C=O) groups excluding carboxylic acids is 3. The molecule has 11 heteroatoms. The zero-order chi connectivity index (χ0) is 33.6. The van der Waals surface area contributed by atoms with Crippen LogP contribution in [0.4, 0.5) is 4.79 Å². The molecule has 2 aromatic rings. The Morgan fingerprint density at radius 1 is 0.830 bits per heavy atom. The Labute approximate surface area is 293 Å². The minimum atomic E-state index is -0.501. The first kappa shape index (κ1) is 40.3. The van der Waals surface area contributed by atoms with Crippen molar-refractivity contribution < 1.29 is 47.1 Å². The molecule has 0 aromatic heterocycles. The Balaban J connectivity index is 0.000000330. The van der Waals surface area contributed by atoms with Gasteiger partial charge in [0.2, 0.25) is 11.8 Å². The summed E-state index contributed by atoms with van der Waals surface area (Å²) >= 11 is 0. The van der Waals surface area contributed by atoms with Crippen molar-refractivity contribution in [3.8, 4) is 0 Å². The van der Waals surface area contributed by atoms with E-state index in [1.54, 1.807) is 12.0 Å². The second-order valence-electron chi connectivity index (χ2n) is 13.4. The molecule has 2 aliphatic rings. The minimum absolute atomic E-state index is 0. The van der Waals surface area contributed by atoms with Gasteiger partial charge in [0.25, 0.3) is 0 Å². The summed E-state index contributed by atoms with van der Waals surface area (Å²) in [7, 11) is 4.93. The molecule has 0 unspecified atom stereocenters. The molecule has 259 valence electrons. The van der Waals surface area contributed by atoms with Gasteiger partial charge in [0, 0.05) is 76.8 Å². The zero-order valence-electron chi connectivity index (χ0n) is 29.0. The molecule has 0 atom stereocenters. The molecular weight excluding hydrogens is 635 g/mol. The maximum atomic E-state index is 12.3. The van der Waals surface area contributed by atoms with E-state index in [0.29, 0.717) is 19.6 Å². The molecule has 2 aliphatic heterocycles. The maximum absolute atomic E-state index is 12.3. The number of hydrogen-bond acceptors (Lipinski definition) is 7. The van der Waals surface area contributed by atoms with E-state index in [1.165, 1.54) is 18.2 Å². The van der Waals surface area contributed by atoms with Crippen LogP contribution in [0, 0.1) is 0 Å². The summed E-state index contributed by atoms with van der Waals surface area (Å²) in [4.78, 5) is 39.7. The minimum Gasteiger partial charge on any atom is -0.444 e. The van der Waals surface area contributed by atoms with Crippen LogP contribution in [-0.2, 0) is 53.2 Å². The monoisotopic (exact) mass is 689 g/mol. The van der Waals surface area contributed by atoms with Crippen molar-refractivity contribution in [2.45, 2.75) is 62.9 Å². The topological polar surface area (TPSA) is 109 Å². The van der Waals surface area contributed by atoms with Gasteiger partial charge in [-0.2, -0.15) is 0 Å². The largest absolute Gasteiger partial charge is 0.444 e. The molecule has 0 saturated carbocycles. The van der Waals surface area contributed by atoms with Crippen molar-refractivity contribution >= 4 is 17.9 Å². The van der Waals surface area contributed by atoms with Crippen LogP contribution in [0.1, 0.15) is 57.6 Å². The molecule has 47 heavy (non-hydrogen) atoms. The summed E-state index contributed by atoms with van der Waals surface area (Å²) in [6.45, 7) is 10.3. The van der Waals surface area contributed by atoms with Gasteiger partial charge >= 0.3 is 6.09 Å². The van der Waals surface area contributed by atoms with Gasteiger partial charge in [0.1, 0.15) is 18.8 Å². The van der Waals surface area contributed by atoms with Crippen LogP contribution in [0.25, 0.3) is 0 Å². The summed E-state index contributed by atoms with van der Waals surface area (Å²) in [6.07, 6.45) is 3.37. The number of methoxy groups -OCH3 is 2. The number of rotatable bonds is 10. The Morgan fingerprint density at radius 2 is 1.34 bits per heavy atom. The third-order valence-electron chi connectivity index (χ3n) is 8.84. The Morgan fingerprint density at radius 3 is 1.83 bits per heavy atom. The first-order chi connectivity index (χ1) is 21.9. The fourth-order valence-corrected chi connectivity index (χ4v) is 6.26. The standard InChI is InChI=1S/C20H30N2O4.C16H24N2O2.V/c1-19(2,3)26-18(24)22-12-10-20(11-13-22,15-21-17(23)14-25-4)16-8-6-5-7-9-16;1-18(15(19)12-20-2)13-16(8-10-17-11-9-16)14-6-4-3-5-7-14;/h5-9H,10-15H2,1-4H3,(H,21,23);3-7,17H,8-13H2,1-2H3;. The van der Waals surface area contributed by atoms with Gasteiger partial charge in [0.15, 0.2) is 0 Å². The third-order valence-corrected chi connectivity index (χ3v) is 8.84. The fraction of sp³-hybridized carbons (Fsp3) is 0.583. The predicted molar refractivity (Wildman–Crippen MR) is 180 cm³/mol. The first-order valence-corrected chi connectivity index (χ1v) is 16.2. The van der Waals surface area contributed by atoms with Crippen LogP contribution < -0.4 is 10.6 Å². The molecule has 0 aliphatic carbocycles. The van der Waals surface area contributed by atoms with Crippen LogP contribution in [0.2, 0.25) is 0 Å². The summed E-state index contributed by atoms with van der Waals surface area (Å²) in [6, 6.07) is 20.7. The number of ether oxygens (including phenoxy) is 3. The molecule has 10 nitrogen and oxygen atoms in total. The molecule has 0 spiro atoms. The van der Waals surface area contributed by atoms with Crippen LogP contribution in [-0.4, -0.2) is 107 Å². The number of piperidine rings is 2. The third kappa shape index (κ3) is 12.3. The summed E-state index contributed by atoms with van der Waals surface area (Å²) in [5, 5.41) is 6.39. The number of likely N-dealkylation sites (N-methyl/N-ethyl adjacent to an activating group) is 1. The Bertz CT molecular complexity index is 1230. The Hall–Kier alpha value is -2.89. The summed E-state index contributed by atoms with van der Waals surface area (Å²) in [5.74, 6) is -0.0845. The molecule has 2 N–H and O–H groups in total. The summed E-state index contributed by atoms with van der Waals surface area (Å²) in [5.41, 5.74) is 1.88. The first-order valence-electron chi connectivity index (χ1n) is 16.2. The Kier molecular flexibility index (Phi) is 16.5. The molecule has 1 radical (unpaired) electrons. The number of benzene rings is 2. The second kappa shape index (κ2) is 19.2. The van der Waals surface area contributed by atoms with Gasteiger partial charge in [-0.25, -0.2) is 4.79 Å². The molecule has 2 heterocycles. The van der Waals surface area contributed by atoms with Crippen LogP contribution in [0.3, 0.4) is 0 Å². The number of carbonyl (C=O) groups is 3. The van der Waals surface area contributed by atoms with E-state index in [1.807, 2.05) is 57.0 Å². The van der Waals surface area contributed by atoms with Crippen LogP contribution in [0.5, 0.6) is 0 Å². The average molecular weight is 690 g/mol. The smallest absolute Gasteiger partial charge is 0.410 e. The van der Waals surface area contributed by atoms with E-state index in [2.05, 4.69) is 47.0 Å². The van der Waals surface area contributed by atoms with E-state index < -0.39 is 5.60 Å². The molecule has 2 aromatic carbocycles. The van der Waals surface area contributed by atoms with Gasteiger partial charge in [-0.3, -0.25) is 9.59 Å². The fourth-order valence-electron chi connectivity index (χ4n) is 6.26. The van der Waals surface area contributed by atoms with Crippen molar-refractivity contribution in [2.75, 3.05) is 73.7 Å². The van der Waals surface area contributed by atoms with E-state index in [0.717, 1.165) is 45.3 Å². The van der Waals surface area contributed by atoms with Gasteiger partial charge in [0.05, 0.1) is 0 Å². The van der Waals surface area contributed by atoms with E-state index >= 15 is 0 Å². The van der Waals surface area contributed by atoms with Crippen molar-refractivity contribution in [1.29, 1.82) is 0 Å². The number of nitrogens with one attached hydrogen (secondary N) is 2. The maximum Gasteiger partial charge on any atom is 0.410 e. The van der Waals surface area contributed by atoms with Crippen LogP contribution >= 0.6 is 0 Å². The second-order valence-corrected chi connectivity index (χ2v) is 13.4. The number of nitrogens with zero attached hydrogens (tertiary/aromatic N) is 2. The van der Waals surface area contributed by atoms with Crippen molar-refractivity contribution in [1.82, 2.24) is 20.4 Å². The predicted octanol–water partition coefficient (Wildman–Crippen LogP) is 4.13. The quantitative estimate of drug-likeness (QED) is 0.387. The molecule has 3 amide bonds. The number of amides is 3. The van der Waals surface area contributed by atoms with Gasteiger partial charge in [-0.1, -0.05) is 60.7 Å². The average Bonchev–Trinajstić information content (AvgIpc) is 3.05. The molecule has 0 bridgehead atoms. The number of hydrogen-bond donors (Lipinski definition) is 2. The summed E-state index contributed by atoms with van der Waals surface area (Å²) < 4.78 is 15.3. The van der Waals surface area contributed by atoms with Crippen molar-refractivity contribution in [3.05, 3.63) is 71.8 Å². The molecule has 2 saturated heterocycles. The van der Waals surface area contributed by atoms with E-state index in [4.69, 9.17) is 14.2 Å². The normalized spacial score (nSPS) is 16.9. The van der Waals surface area contributed by atoms with Crippen molar-refractivity contribution in [2.24, 2.45) is 0 Å². The molecule has 2 fully saturated rings. The number of likely N-dealkylation sites (tertiary alicyclic amines) is 1. The van der Waals surface area contributed by atoms with E-state index in [-0.39, 0.29) is 60.5 Å².